The Bertz CT molecular complexity index is 242. The Morgan fingerprint density at radius 3 is 2.64 bits per heavy atom. The molecule has 0 unspecified atom stereocenters. The normalized spacial score (nSPS) is 12.0. The molecule has 0 aromatic carbocycles. The highest BCUT2D eigenvalue weighted by Gasteiger charge is 2.30. The lowest BCUT2D eigenvalue weighted by molar-refractivity contribution is -0.0330. The molecule has 0 aliphatic rings. The van der Waals surface area contributed by atoms with Crippen LogP contribution in [0.15, 0.2) is 11.1 Å². The molecule has 0 N–H and O–H groups in total. The van der Waals surface area contributed by atoms with Crippen LogP contribution in [0, 0.1) is 6.20 Å². The maximum Gasteiger partial charge on any atom is 0.447 e. The van der Waals surface area contributed by atoms with Crippen LogP contribution in [0.4, 0.5) is 13.2 Å². The Morgan fingerprint density at radius 2 is 2.27 bits per heavy atom. The van der Waals surface area contributed by atoms with Gasteiger partial charge >= 0.3 is 5.51 Å². The van der Waals surface area contributed by atoms with Gasteiger partial charge in [-0.05, 0) is 6.07 Å². The van der Waals surface area contributed by atoms with Crippen LogP contribution in [0.2, 0.25) is 0 Å². The van der Waals surface area contributed by atoms with E-state index in [1.165, 1.54) is 13.1 Å². The third-order valence-corrected chi connectivity index (χ3v) is 1.76. The fourth-order valence-electron chi connectivity index (χ4n) is 0.527. The Morgan fingerprint density at radius 1 is 1.64 bits per heavy atom. The molecule has 1 aromatic rings. The number of halogens is 3. The van der Waals surface area contributed by atoms with Gasteiger partial charge in [0.2, 0.25) is 0 Å². The number of rotatable bonds is 1. The van der Waals surface area contributed by atoms with Crippen molar-refractivity contribution in [2.24, 2.45) is 7.05 Å². The Labute approximate surface area is 65.4 Å². The van der Waals surface area contributed by atoms with Crippen molar-refractivity contribution in [1.29, 1.82) is 0 Å². The molecule has 0 aliphatic carbocycles. The van der Waals surface area contributed by atoms with Gasteiger partial charge < -0.3 is 0 Å². The van der Waals surface area contributed by atoms with E-state index in [0.717, 1.165) is 4.68 Å². The second-order valence-corrected chi connectivity index (χ2v) is 2.87. The second-order valence-electron chi connectivity index (χ2n) is 1.78. The SMILES string of the molecule is Cn1n[c]cc1SC(F)(F)F. The molecular formula is C5H4F3N2S. The molecule has 0 saturated heterocycles. The number of thioether (sulfide) groups is 1. The van der Waals surface area contributed by atoms with Crippen molar-refractivity contribution < 1.29 is 13.2 Å². The predicted molar refractivity (Wildman–Crippen MR) is 34.0 cm³/mol. The van der Waals surface area contributed by atoms with Crippen LogP contribution in [0.25, 0.3) is 0 Å². The molecule has 1 heterocycles. The minimum atomic E-state index is -4.25. The summed E-state index contributed by atoms with van der Waals surface area (Å²) in [6, 6.07) is 1.19. The van der Waals surface area contributed by atoms with Crippen molar-refractivity contribution in [2.45, 2.75) is 10.5 Å². The highest BCUT2D eigenvalue weighted by Crippen LogP contribution is 2.35. The second kappa shape index (κ2) is 2.77. The number of aryl methyl sites for hydroxylation is 1. The van der Waals surface area contributed by atoms with Crippen molar-refractivity contribution in [2.75, 3.05) is 0 Å². The zero-order chi connectivity index (χ0) is 8.48. The minimum absolute atomic E-state index is 0.0394. The number of alkyl halides is 3. The van der Waals surface area contributed by atoms with E-state index in [2.05, 4.69) is 11.3 Å². The van der Waals surface area contributed by atoms with Crippen LogP contribution in [-0.2, 0) is 7.05 Å². The van der Waals surface area contributed by atoms with Crippen LogP contribution in [0.5, 0.6) is 0 Å². The number of hydrogen-bond donors (Lipinski definition) is 0. The zero-order valence-electron chi connectivity index (χ0n) is 5.51. The highest BCUT2D eigenvalue weighted by molar-refractivity contribution is 8.00. The van der Waals surface area contributed by atoms with E-state index in [-0.39, 0.29) is 16.8 Å². The van der Waals surface area contributed by atoms with Gasteiger partial charge in [0.25, 0.3) is 0 Å². The van der Waals surface area contributed by atoms with E-state index >= 15 is 0 Å². The van der Waals surface area contributed by atoms with Crippen LogP contribution < -0.4 is 0 Å². The molecule has 0 amide bonds. The van der Waals surface area contributed by atoms with E-state index in [1.807, 2.05) is 0 Å². The third-order valence-electron chi connectivity index (χ3n) is 0.935. The molecule has 0 saturated carbocycles. The molecule has 0 spiro atoms. The first-order valence-electron chi connectivity index (χ1n) is 2.65. The van der Waals surface area contributed by atoms with E-state index in [9.17, 15) is 13.2 Å². The highest BCUT2D eigenvalue weighted by atomic mass is 32.2. The number of nitrogens with zero attached hydrogens (tertiary/aromatic N) is 2. The summed E-state index contributed by atoms with van der Waals surface area (Å²) in [6.45, 7) is 0. The fourth-order valence-corrected chi connectivity index (χ4v) is 1.05. The predicted octanol–water partition coefficient (Wildman–Crippen LogP) is 1.83. The van der Waals surface area contributed by atoms with E-state index in [1.54, 1.807) is 0 Å². The lowest BCUT2D eigenvalue weighted by Gasteiger charge is -2.03. The van der Waals surface area contributed by atoms with Crippen molar-refractivity contribution in [3.05, 3.63) is 12.3 Å². The maximum atomic E-state index is 11.7. The van der Waals surface area contributed by atoms with Gasteiger partial charge in [0.05, 0.1) is 0 Å². The summed E-state index contributed by atoms with van der Waals surface area (Å²) in [5.41, 5.74) is -4.25. The van der Waals surface area contributed by atoms with Gasteiger partial charge in [-0.1, -0.05) is 0 Å². The Balaban J connectivity index is 2.72. The van der Waals surface area contributed by atoms with Gasteiger partial charge in [0, 0.05) is 18.8 Å². The maximum absolute atomic E-state index is 11.7. The van der Waals surface area contributed by atoms with Crippen LogP contribution in [0.3, 0.4) is 0 Å². The standard InChI is InChI=1S/C5H4F3N2S/c1-10-4(2-3-9-10)11-5(6,7)8/h2H,1H3. The van der Waals surface area contributed by atoms with Crippen molar-refractivity contribution in [1.82, 2.24) is 9.78 Å². The van der Waals surface area contributed by atoms with Gasteiger partial charge in [-0.15, -0.1) is 0 Å². The van der Waals surface area contributed by atoms with Gasteiger partial charge in [-0.3, -0.25) is 4.68 Å². The summed E-state index contributed by atoms with van der Waals surface area (Å²) in [6.07, 6.45) is 2.31. The number of aromatic nitrogens is 2. The molecule has 0 aliphatic heterocycles. The Hall–Kier alpha value is -0.650. The van der Waals surface area contributed by atoms with Crippen molar-refractivity contribution in [3.8, 4) is 0 Å². The van der Waals surface area contributed by atoms with E-state index in [0.29, 0.717) is 0 Å². The first-order chi connectivity index (χ1) is 4.99. The molecule has 1 radical (unpaired) electrons. The topological polar surface area (TPSA) is 17.8 Å². The van der Waals surface area contributed by atoms with E-state index < -0.39 is 5.51 Å². The summed E-state index contributed by atoms with van der Waals surface area (Å²) in [4.78, 5) is 0. The van der Waals surface area contributed by atoms with Gasteiger partial charge in [-0.25, -0.2) is 0 Å². The van der Waals surface area contributed by atoms with Gasteiger partial charge in [0.15, 0.2) is 0 Å². The van der Waals surface area contributed by atoms with Crippen molar-refractivity contribution in [3.63, 3.8) is 0 Å². The molecule has 2 nitrogen and oxygen atoms in total. The number of hydrogen-bond acceptors (Lipinski definition) is 2. The molecule has 6 heteroatoms. The summed E-state index contributed by atoms with van der Waals surface area (Å²) in [7, 11) is 1.44. The van der Waals surface area contributed by atoms with Crippen molar-refractivity contribution >= 4 is 11.8 Å². The molecular weight excluding hydrogens is 177 g/mol. The van der Waals surface area contributed by atoms with E-state index in [4.69, 9.17) is 0 Å². The summed E-state index contributed by atoms with van der Waals surface area (Å²) in [5, 5.41) is 3.51. The van der Waals surface area contributed by atoms with Crippen LogP contribution >= 0.6 is 11.8 Å². The minimum Gasteiger partial charge on any atom is -0.261 e. The average molecular weight is 181 g/mol. The Kier molecular flexibility index (Phi) is 2.12. The molecule has 61 valence electrons. The molecule has 1 aromatic heterocycles. The molecule has 0 atom stereocenters. The lowest BCUT2D eigenvalue weighted by Crippen LogP contribution is -2.02. The first-order valence-corrected chi connectivity index (χ1v) is 3.46. The third kappa shape index (κ3) is 2.45. The fraction of sp³-hybridized carbons (Fsp3) is 0.400. The van der Waals surface area contributed by atoms with Gasteiger partial charge in [-0.2, -0.15) is 18.3 Å². The smallest absolute Gasteiger partial charge is 0.261 e. The zero-order valence-corrected chi connectivity index (χ0v) is 6.33. The largest absolute Gasteiger partial charge is 0.447 e. The average Bonchev–Trinajstić information content (AvgIpc) is 2.12. The van der Waals surface area contributed by atoms with Gasteiger partial charge in [0.1, 0.15) is 11.2 Å². The monoisotopic (exact) mass is 181 g/mol. The molecule has 1 rings (SSSR count). The molecule has 0 bridgehead atoms. The molecule has 0 fully saturated rings. The summed E-state index contributed by atoms with van der Waals surface area (Å²) in [5.74, 6) is 0. The quantitative estimate of drug-likeness (QED) is 0.615. The molecule has 11 heavy (non-hydrogen) atoms. The lowest BCUT2D eigenvalue weighted by atomic mass is 10.7. The summed E-state index contributed by atoms with van der Waals surface area (Å²) >= 11 is -0.197. The van der Waals surface area contributed by atoms with Crippen LogP contribution in [0.1, 0.15) is 0 Å². The summed E-state index contributed by atoms with van der Waals surface area (Å²) < 4.78 is 36.2. The van der Waals surface area contributed by atoms with Crippen LogP contribution in [-0.4, -0.2) is 15.3 Å². The first kappa shape index (κ1) is 8.45.